The molecule has 0 bridgehead atoms. The van der Waals surface area contributed by atoms with Gasteiger partial charge in [0.2, 0.25) is 0 Å². The summed E-state index contributed by atoms with van der Waals surface area (Å²) in [4.78, 5) is 16.6. The van der Waals surface area contributed by atoms with Crippen molar-refractivity contribution in [1.29, 1.82) is 0 Å². The largest absolute Gasteiger partial charge is 0.478 e. The second kappa shape index (κ2) is 4.60. The molecule has 0 atom stereocenters. The molecule has 76 valence electrons. The molecule has 0 aliphatic heterocycles. The molecule has 1 rings (SSSR count). The van der Waals surface area contributed by atoms with E-state index in [4.69, 9.17) is 5.11 Å². The van der Waals surface area contributed by atoms with Crippen LogP contribution in [0.2, 0.25) is 0 Å². The molecule has 0 aliphatic carbocycles. The van der Waals surface area contributed by atoms with Crippen LogP contribution in [0.3, 0.4) is 0 Å². The monoisotopic (exact) mass is 194 g/mol. The van der Waals surface area contributed by atoms with Gasteiger partial charge in [0, 0.05) is 19.8 Å². The molecule has 14 heavy (non-hydrogen) atoms. The Balaban J connectivity index is 2.77. The minimum atomic E-state index is -0.942. The normalized spacial score (nSPS) is 9.86. The number of pyridine rings is 1. The number of aromatic nitrogens is 1. The van der Waals surface area contributed by atoms with Gasteiger partial charge in [-0.15, -0.1) is 0 Å². The summed E-state index contributed by atoms with van der Waals surface area (Å²) in [5.74, 6) is -0.140. The summed E-state index contributed by atoms with van der Waals surface area (Å²) in [5.41, 5.74) is 0.221. The molecule has 1 aromatic heterocycles. The van der Waals surface area contributed by atoms with Crippen molar-refractivity contribution < 1.29 is 9.90 Å². The number of carboxylic acid groups (broad SMARTS) is 1. The van der Waals surface area contributed by atoms with Crippen LogP contribution < -0.4 is 4.90 Å². The van der Waals surface area contributed by atoms with E-state index in [2.05, 4.69) is 11.9 Å². The van der Waals surface area contributed by atoms with Crippen LogP contribution in [0.1, 0.15) is 23.7 Å². The minimum absolute atomic E-state index is 0.221. The Hall–Kier alpha value is -1.58. The molecule has 0 unspecified atom stereocenters. The predicted octanol–water partition coefficient (Wildman–Crippen LogP) is 1.63. The van der Waals surface area contributed by atoms with Crippen molar-refractivity contribution in [3.8, 4) is 0 Å². The molecule has 0 saturated carbocycles. The number of carbonyl (C=O) groups is 1. The summed E-state index contributed by atoms with van der Waals surface area (Å²) < 4.78 is 0. The molecular formula is C10H14N2O2. The Morgan fingerprint density at radius 3 is 2.71 bits per heavy atom. The first-order valence-corrected chi connectivity index (χ1v) is 4.55. The second-order valence-corrected chi connectivity index (χ2v) is 3.13. The topological polar surface area (TPSA) is 53.4 Å². The molecule has 1 heterocycles. The number of aromatic carboxylic acids is 1. The lowest BCUT2D eigenvalue weighted by Crippen LogP contribution is -2.19. The Bertz CT molecular complexity index is 308. The fourth-order valence-electron chi connectivity index (χ4n) is 1.19. The number of hydrogen-bond acceptors (Lipinski definition) is 3. The summed E-state index contributed by atoms with van der Waals surface area (Å²) >= 11 is 0. The van der Waals surface area contributed by atoms with Gasteiger partial charge in [-0.1, -0.05) is 6.92 Å². The molecular weight excluding hydrogens is 180 g/mol. The predicted molar refractivity (Wildman–Crippen MR) is 54.8 cm³/mol. The summed E-state index contributed by atoms with van der Waals surface area (Å²) in [6.45, 7) is 3.00. The summed E-state index contributed by atoms with van der Waals surface area (Å²) in [6.07, 6.45) is 2.42. The molecule has 0 spiro atoms. The molecule has 0 radical (unpaired) electrons. The van der Waals surface area contributed by atoms with Gasteiger partial charge in [0.15, 0.2) is 0 Å². The van der Waals surface area contributed by atoms with Crippen LogP contribution in [0.25, 0.3) is 0 Å². The Kier molecular flexibility index (Phi) is 3.45. The third kappa shape index (κ3) is 2.45. The first-order valence-electron chi connectivity index (χ1n) is 4.55. The minimum Gasteiger partial charge on any atom is -0.478 e. The van der Waals surface area contributed by atoms with Crippen LogP contribution in [-0.2, 0) is 0 Å². The fraction of sp³-hybridized carbons (Fsp3) is 0.400. The molecule has 0 aromatic carbocycles. The number of carboxylic acids is 1. The summed E-state index contributed by atoms with van der Waals surface area (Å²) in [5, 5.41) is 8.66. The van der Waals surface area contributed by atoms with Crippen molar-refractivity contribution in [2.45, 2.75) is 13.3 Å². The molecule has 0 aliphatic rings. The van der Waals surface area contributed by atoms with Crippen LogP contribution >= 0.6 is 0 Å². The average molecular weight is 194 g/mol. The zero-order valence-corrected chi connectivity index (χ0v) is 8.40. The maximum Gasteiger partial charge on any atom is 0.337 e. The lowest BCUT2D eigenvalue weighted by atomic mass is 10.3. The van der Waals surface area contributed by atoms with E-state index in [1.807, 2.05) is 11.9 Å². The van der Waals surface area contributed by atoms with Crippen molar-refractivity contribution in [2.24, 2.45) is 0 Å². The lowest BCUT2D eigenvalue weighted by molar-refractivity contribution is 0.0696. The van der Waals surface area contributed by atoms with Gasteiger partial charge in [0.05, 0.1) is 5.56 Å². The van der Waals surface area contributed by atoms with E-state index < -0.39 is 5.97 Å². The van der Waals surface area contributed by atoms with E-state index in [-0.39, 0.29) is 5.56 Å². The number of rotatable bonds is 4. The van der Waals surface area contributed by atoms with Crippen molar-refractivity contribution in [1.82, 2.24) is 4.98 Å². The van der Waals surface area contributed by atoms with E-state index in [0.717, 1.165) is 18.8 Å². The van der Waals surface area contributed by atoms with Gasteiger partial charge in [-0.05, 0) is 18.6 Å². The molecule has 0 saturated heterocycles. The van der Waals surface area contributed by atoms with Crippen molar-refractivity contribution >= 4 is 11.8 Å². The van der Waals surface area contributed by atoms with Crippen molar-refractivity contribution in [2.75, 3.05) is 18.5 Å². The van der Waals surface area contributed by atoms with Crippen LogP contribution in [0.15, 0.2) is 18.3 Å². The van der Waals surface area contributed by atoms with E-state index in [9.17, 15) is 4.79 Å². The third-order valence-corrected chi connectivity index (χ3v) is 1.94. The first kappa shape index (κ1) is 10.5. The average Bonchev–Trinajstić information content (AvgIpc) is 2.18. The zero-order chi connectivity index (χ0) is 10.6. The summed E-state index contributed by atoms with van der Waals surface area (Å²) in [6, 6.07) is 3.29. The SMILES string of the molecule is CCCN(C)c1ccc(C(=O)O)cn1. The van der Waals surface area contributed by atoms with Crippen molar-refractivity contribution in [3.63, 3.8) is 0 Å². The van der Waals surface area contributed by atoms with Crippen LogP contribution in [-0.4, -0.2) is 29.7 Å². The molecule has 1 aromatic rings. The first-order chi connectivity index (χ1) is 6.65. The molecule has 1 N–H and O–H groups in total. The van der Waals surface area contributed by atoms with E-state index >= 15 is 0 Å². The Morgan fingerprint density at radius 2 is 2.29 bits per heavy atom. The van der Waals surface area contributed by atoms with Gasteiger partial charge < -0.3 is 10.0 Å². The number of nitrogens with zero attached hydrogens (tertiary/aromatic N) is 2. The van der Waals surface area contributed by atoms with Crippen LogP contribution in [0.4, 0.5) is 5.82 Å². The smallest absolute Gasteiger partial charge is 0.337 e. The zero-order valence-electron chi connectivity index (χ0n) is 8.40. The summed E-state index contributed by atoms with van der Waals surface area (Å²) in [7, 11) is 1.94. The quantitative estimate of drug-likeness (QED) is 0.791. The third-order valence-electron chi connectivity index (χ3n) is 1.94. The maximum absolute atomic E-state index is 10.6. The number of anilines is 1. The highest BCUT2D eigenvalue weighted by atomic mass is 16.4. The number of hydrogen-bond donors (Lipinski definition) is 1. The van der Waals surface area contributed by atoms with Gasteiger partial charge in [0.1, 0.15) is 5.82 Å². The van der Waals surface area contributed by atoms with Gasteiger partial charge >= 0.3 is 5.97 Å². The molecule has 0 amide bonds. The van der Waals surface area contributed by atoms with E-state index in [1.165, 1.54) is 6.20 Å². The van der Waals surface area contributed by atoms with Gasteiger partial charge in [-0.2, -0.15) is 0 Å². The van der Waals surface area contributed by atoms with E-state index in [1.54, 1.807) is 12.1 Å². The highest BCUT2D eigenvalue weighted by Crippen LogP contribution is 2.09. The Labute approximate surface area is 83.2 Å². The highest BCUT2D eigenvalue weighted by molar-refractivity contribution is 5.87. The maximum atomic E-state index is 10.6. The van der Waals surface area contributed by atoms with Crippen molar-refractivity contribution in [3.05, 3.63) is 23.9 Å². The molecule has 4 heteroatoms. The van der Waals surface area contributed by atoms with Gasteiger partial charge in [0.25, 0.3) is 0 Å². The highest BCUT2D eigenvalue weighted by Gasteiger charge is 2.04. The van der Waals surface area contributed by atoms with Gasteiger partial charge in [-0.3, -0.25) is 0 Å². The van der Waals surface area contributed by atoms with Crippen LogP contribution in [0.5, 0.6) is 0 Å². The standard InChI is InChI=1S/C10H14N2O2/c1-3-6-12(2)9-5-4-8(7-11-9)10(13)14/h4-5,7H,3,6H2,1-2H3,(H,13,14). The van der Waals surface area contributed by atoms with Crippen LogP contribution in [0, 0.1) is 0 Å². The second-order valence-electron chi connectivity index (χ2n) is 3.13. The molecule has 0 fully saturated rings. The fourth-order valence-corrected chi connectivity index (χ4v) is 1.19. The lowest BCUT2D eigenvalue weighted by Gasteiger charge is -2.16. The Morgan fingerprint density at radius 1 is 1.57 bits per heavy atom. The molecule has 4 nitrogen and oxygen atoms in total. The van der Waals surface area contributed by atoms with Gasteiger partial charge in [-0.25, -0.2) is 9.78 Å². The van der Waals surface area contributed by atoms with E-state index in [0.29, 0.717) is 0 Å².